The van der Waals surface area contributed by atoms with E-state index in [0.29, 0.717) is 5.92 Å². The minimum atomic E-state index is -3.92. The second-order valence-corrected chi connectivity index (χ2v) is 7.62. The van der Waals surface area contributed by atoms with Gasteiger partial charge in [0, 0.05) is 12.1 Å². The van der Waals surface area contributed by atoms with Crippen molar-refractivity contribution in [3.05, 3.63) is 53.6 Å². The Bertz CT molecular complexity index is 824. The monoisotopic (exact) mass is 353 g/mol. The van der Waals surface area contributed by atoms with E-state index in [1.165, 1.54) is 12.1 Å². The summed E-state index contributed by atoms with van der Waals surface area (Å²) in [4.78, 5) is 0.0166. The van der Waals surface area contributed by atoms with Gasteiger partial charge in [0.15, 0.2) is 17.4 Å². The molecule has 1 saturated carbocycles. The molecule has 1 N–H and O–H groups in total. The molecule has 2 aromatic carbocycles. The zero-order valence-electron chi connectivity index (χ0n) is 13.1. The molecule has 3 rings (SSSR count). The molecular weight excluding hydrogens is 336 g/mol. The van der Waals surface area contributed by atoms with Crippen LogP contribution >= 0.6 is 0 Å². The molecule has 0 saturated heterocycles. The number of sulfonamides is 1. The second kappa shape index (κ2) is 6.39. The minimum Gasteiger partial charge on any atom is -0.487 e. The third kappa shape index (κ3) is 3.84. The van der Waals surface area contributed by atoms with Crippen molar-refractivity contribution in [1.82, 2.24) is 0 Å². The normalized spacial score (nSPS) is 14.5. The number of aryl methyl sites for hydroxylation is 1. The first kappa shape index (κ1) is 16.7. The molecule has 0 aliphatic heterocycles. The smallest absolute Gasteiger partial charge is 0.261 e. The Morgan fingerprint density at radius 3 is 2.25 bits per heavy atom. The number of benzene rings is 2. The van der Waals surface area contributed by atoms with Crippen molar-refractivity contribution in [3.8, 4) is 5.75 Å². The maximum Gasteiger partial charge on any atom is 0.261 e. The molecule has 1 aliphatic carbocycles. The number of halogens is 2. The van der Waals surface area contributed by atoms with Gasteiger partial charge in [-0.1, -0.05) is 17.7 Å². The van der Waals surface area contributed by atoms with Gasteiger partial charge in [0.05, 0.1) is 17.2 Å². The predicted molar refractivity (Wildman–Crippen MR) is 86.6 cm³/mol. The molecule has 0 bridgehead atoms. The van der Waals surface area contributed by atoms with Gasteiger partial charge in [-0.2, -0.15) is 0 Å². The lowest BCUT2D eigenvalue weighted by molar-refractivity contribution is 0.270. The summed E-state index contributed by atoms with van der Waals surface area (Å²) < 4.78 is 59.9. The number of nitrogens with one attached hydrogen (secondary N) is 1. The second-order valence-electron chi connectivity index (χ2n) is 5.94. The first-order valence-electron chi connectivity index (χ1n) is 7.56. The third-order valence-electron chi connectivity index (χ3n) is 3.74. The lowest BCUT2D eigenvalue weighted by Crippen LogP contribution is -2.13. The Hall–Kier alpha value is -2.15. The Balaban J connectivity index is 1.80. The summed E-state index contributed by atoms with van der Waals surface area (Å²) in [5.74, 6) is -1.99. The van der Waals surface area contributed by atoms with Crippen LogP contribution in [0.25, 0.3) is 0 Å². The molecule has 2 aromatic rings. The highest BCUT2D eigenvalue weighted by molar-refractivity contribution is 7.92. The molecule has 24 heavy (non-hydrogen) atoms. The van der Waals surface area contributed by atoms with Gasteiger partial charge in [-0.3, -0.25) is 4.72 Å². The highest BCUT2D eigenvalue weighted by Crippen LogP contribution is 2.32. The maximum absolute atomic E-state index is 14.0. The van der Waals surface area contributed by atoms with Gasteiger partial charge in [-0.05, 0) is 37.8 Å². The summed E-state index contributed by atoms with van der Waals surface area (Å²) in [6.07, 6.45) is 2.00. The van der Waals surface area contributed by atoms with E-state index in [4.69, 9.17) is 4.74 Å². The SMILES string of the molecule is Cc1ccc(S(=O)(=O)Nc2cc(F)c(OCC3CC3)c(F)c2)cc1. The molecule has 0 radical (unpaired) electrons. The van der Waals surface area contributed by atoms with E-state index in [-0.39, 0.29) is 17.2 Å². The zero-order valence-corrected chi connectivity index (χ0v) is 13.9. The summed E-state index contributed by atoms with van der Waals surface area (Å²) >= 11 is 0. The Kier molecular flexibility index (Phi) is 4.45. The molecule has 1 aliphatic rings. The van der Waals surface area contributed by atoms with E-state index in [1.54, 1.807) is 12.1 Å². The highest BCUT2D eigenvalue weighted by Gasteiger charge is 2.24. The Morgan fingerprint density at radius 2 is 1.71 bits per heavy atom. The van der Waals surface area contributed by atoms with Crippen LogP contribution in [0.15, 0.2) is 41.3 Å². The molecule has 4 nitrogen and oxygen atoms in total. The van der Waals surface area contributed by atoms with E-state index >= 15 is 0 Å². The fourth-order valence-electron chi connectivity index (χ4n) is 2.17. The van der Waals surface area contributed by atoms with Crippen molar-refractivity contribution in [3.63, 3.8) is 0 Å². The standard InChI is InChI=1S/C17H17F2NO3S/c1-11-2-6-14(7-3-11)24(21,22)20-13-8-15(18)17(16(19)9-13)23-10-12-4-5-12/h2-3,6-9,12,20H,4-5,10H2,1H3. The minimum absolute atomic E-state index is 0.0166. The maximum atomic E-state index is 14.0. The number of anilines is 1. The van der Waals surface area contributed by atoms with Crippen LogP contribution in [0.4, 0.5) is 14.5 Å². The van der Waals surface area contributed by atoms with Gasteiger partial charge < -0.3 is 4.74 Å². The van der Waals surface area contributed by atoms with Crippen LogP contribution in [-0.2, 0) is 10.0 Å². The first-order chi connectivity index (χ1) is 11.3. The average Bonchev–Trinajstić information content (AvgIpc) is 3.30. The van der Waals surface area contributed by atoms with Gasteiger partial charge in [-0.25, -0.2) is 17.2 Å². The topological polar surface area (TPSA) is 55.4 Å². The van der Waals surface area contributed by atoms with Crippen molar-refractivity contribution < 1.29 is 21.9 Å². The van der Waals surface area contributed by atoms with Gasteiger partial charge in [0.25, 0.3) is 10.0 Å². The van der Waals surface area contributed by atoms with E-state index in [9.17, 15) is 17.2 Å². The van der Waals surface area contributed by atoms with Gasteiger partial charge in [0.2, 0.25) is 0 Å². The van der Waals surface area contributed by atoms with Crippen LogP contribution in [-0.4, -0.2) is 15.0 Å². The molecule has 128 valence electrons. The molecule has 1 fully saturated rings. The molecule has 0 spiro atoms. The Labute approximate surface area is 139 Å². The fraction of sp³-hybridized carbons (Fsp3) is 0.294. The van der Waals surface area contributed by atoms with Crippen LogP contribution in [0, 0.1) is 24.5 Å². The van der Waals surface area contributed by atoms with Crippen molar-refractivity contribution in [2.45, 2.75) is 24.7 Å². The summed E-state index contributed by atoms with van der Waals surface area (Å²) in [6.45, 7) is 2.09. The number of rotatable bonds is 6. The largest absolute Gasteiger partial charge is 0.487 e. The van der Waals surface area contributed by atoms with Gasteiger partial charge in [0.1, 0.15) is 0 Å². The molecule has 7 heteroatoms. The van der Waals surface area contributed by atoms with E-state index in [0.717, 1.165) is 30.5 Å². The van der Waals surface area contributed by atoms with Crippen LogP contribution in [0.1, 0.15) is 18.4 Å². The van der Waals surface area contributed by atoms with Crippen LogP contribution in [0.5, 0.6) is 5.75 Å². The first-order valence-corrected chi connectivity index (χ1v) is 9.05. The Morgan fingerprint density at radius 1 is 1.12 bits per heavy atom. The van der Waals surface area contributed by atoms with Crippen molar-refractivity contribution in [1.29, 1.82) is 0 Å². The van der Waals surface area contributed by atoms with E-state index in [2.05, 4.69) is 4.72 Å². The lowest BCUT2D eigenvalue weighted by atomic mass is 10.2. The average molecular weight is 353 g/mol. The summed E-state index contributed by atoms with van der Waals surface area (Å²) in [5, 5.41) is 0. The van der Waals surface area contributed by atoms with Crippen LogP contribution < -0.4 is 9.46 Å². The highest BCUT2D eigenvalue weighted by atomic mass is 32.2. The van der Waals surface area contributed by atoms with Crippen molar-refractivity contribution >= 4 is 15.7 Å². The van der Waals surface area contributed by atoms with Gasteiger partial charge in [-0.15, -0.1) is 0 Å². The molecule has 0 unspecified atom stereocenters. The van der Waals surface area contributed by atoms with Crippen molar-refractivity contribution in [2.75, 3.05) is 11.3 Å². The fourth-order valence-corrected chi connectivity index (χ4v) is 3.21. The van der Waals surface area contributed by atoms with Crippen LogP contribution in [0.3, 0.4) is 0 Å². The predicted octanol–water partition coefficient (Wildman–Crippen LogP) is 3.86. The van der Waals surface area contributed by atoms with Crippen LogP contribution in [0.2, 0.25) is 0 Å². The molecule has 0 heterocycles. The number of ether oxygens (including phenoxy) is 1. The van der Waals surface area contributed by atoms with E-state index in [1.807, 2.05) is 6.92 Å². The molecule has 0 amide bonds. The zero-order chi connectivity index (χ0) is 17.3. The molecular formula is C17H17F2NO3S. The third-order valence-corrected chi connectivity index (χ3v) is 5.14. The molecule has 0 aromatic heterocycles. The van der Waals surface area contributed by atoms with Crippen molar-refractivity contribution in [2.24, 2.45) is 5.92 Å². The molecule has 0 atom stereocenters. The van der Waals surface area contributed by atoms with Gasteiger partial charge >= 0.3 is 0 Å². The summed E-state index contributed by atoms with van der Waals surface area (Å²) in [7, 11) is -3.92. The quantitative estimate of drug-likeness (QED) is 0.858. The lowest BCUT2D eigenvalue weighted by Gasteiger charge is -2.12. The number of hydrogen-bond acceptors (Lipinski definition) is 3. The van der Waals surface area contributed by atoms with E-state index < -0.39 is 27.4 Å². The number of hydrogen-bond donors (Lipinski definition) is 1. The summed E-state index contributed by atoms with van der Waals surface area (Å²) in [5.41, 5.74) is 0.715. The summed E-state index contributed by atoms with van der Waals surface area (Å²) in [6, 6.07) is 7.97.